The number of nitrogens with one attached hydrogen (secondary N) is 1. The van der Waals surface area contributed by atoms with Crippen LogP contribution >= 0.6 is 0 Å². The van der Waals surface area contributed by atoms with Gasteiger partial charge in [-0.3, -0.25) is 0 Å². The number of aliphatic hydroxyl groups excluding tert-OH is 1. The molecule has 0 bridgehead atoms. The molecule has 18 heavy (non-hydrogen) atoms. The minimum Gasteiger partial charge on any atom is -0.396 e. The van der Waals surface area contributed by atoms with E-state index in [1.54, 1.807) is 0 Å². The van der Waals surface area contributed by atoms with Crippen LogP contribution in [0, 0.1) is 5.41 Å². The van der Waals surface area contributed by atoms with Crippen molar-refractivity contribution >= 4 is 11.5 Å². The fourth-order valence-corrected chi connectivity index (χ4v) is 1.82. The number of hydrogen-bond acceptors (Lipinski definition) is 4. The highest BCUT2D eigenvalue weighted by Gasteiger charge is 2.24. The van der Waals surface area contributed by atoms with Crippen LogP contribution in [0.3, 0.4) is 0 Å². The van der Waals surface area contributed by atoms with Gasteiger partial charge in [-0.05, 0) is 25.0 Å². The van der Waals surface area contributed by atoms with Gasteiger partial charge in [-0.1, -0.05) is 13.8 Å². The molecule has 0 aliphatic heterocycles. The fraction of sp³-hybridized carbons (Fsp3) is 0.643. The van der Waals surface area contributed by atoms with Crippen molar-refractivity contribution in [2.75, 3.05) is 37.5 Å². The molecule has 0 amide bonds. The second kappa shape index (κ2) is 6.59. The molecule has 1 rings (SSSR count). The average Bonchev–Trinajstić information content (AvgIpc) is 2.41. The van der Waals surface area contributed by atoms with Gasteiger partial charge in [0.15, 0.2) is 0 Å². The maximum atomic E-state index is 9.51. The van der Waals surface area contributed by atoms with Gasteiger partial charge in [0.25, 0.3) is 0 Å². The molecule has 0 aromatic carbocycles. The van der Waals surface area contributed by atoms with Crippen molar-refractivity contribution in [3.05, 3.63) is 18.3 Å². The first kappa shape index (κ1) is 14.8. The lowest BCUT2D eigenvalue weighted by Gasteiger charge is -2.30. The number of rotatable bonds is 7. The van der Waals surface area contributed by atoms with Crippen LogP contribution in [0.25, 0.3) is 0 Å². The minimum atomic E-state index is -0.0276. The van der Waals surface area contributed by atoms with Crippen LogP contribution in [0.2, 0.25) is 0 Å². The largest absolute Gasteiger partial charge is 0.396 e. The van der Waals surface area contributed by atoms with Crippen LogP contribution in [0.5, 0.6) is 0 Å². The molecule has 1 aromatic heterocycles. The molecule has 1 aromatic rings. The monoisotopic (exact) mass is 251 g/mol. The van der Waals surface area contributed by atoms with Gasteiger partial charge in [0.05, 0.1) is 18.5 Å². The Morgan fingerprint density at radius 1 is 1.28 bits per heavy atom. The van der Waals surface area contributed by atoms with Gasteiger partial charge in [-0.25, -0.2) is 4.98 Å². The molecule has 0 radical (unpaired) electrons. The Balaban J connectivity index is 2.62. The zero-order valence-corrected chi connectivity index (χ0v) is 11.9. The first-order valence-corrected chi connectivity index (χ1v) is 6.55. The molecule has 0 unspecified atom stereocenters. The number of anilines is 2. The summed E-state index contributed by atoms with van der Waals surface area (Å²) >= 11 is 0. The van der Waals surface area contributed by atoms with Gasteiger partial charge in [-0.15, -0.1) is 0 Å². The molecule has 102 valence electrons. The van der Waals surface area contributed by atoms with E-state index in [1.807, 2.05) is 37.3 Å². The summed E-state index contributed by atoms with van der Waals surface area (Å²) in [5, 5.41) is 12.9. The summed E-state index contributed by atoms with van der Waals surface area (Å²) in [4.78, 5) is 6.33. The summed E-state index contributed by atoms with van der Waals surface area (Å²) in [6, 6.07) is 4.01. The number of hydrogen-bond donors (Lipinski definition) is 2. The van der Waals surface area contributed by atoms with Gasteiger partial charge in [-0.2, -0.15) is 0 Å². The smallest absolute Gasteiger partial charge is 0.128 e. The predicted octanol–water partition coefficient (Wildman–Crippen LogP) is 2.36. The second-order valence-corrected chi connectivity index (χ2v) is 5.02. The molecule has 1 heterocycles. The third-order valence-corrected chi connectivity index (χ3v) is 3.71. The van der Waals surface area contributed by atoms with Gasteiger partial charge >= 0.3 is 0 Å². The lowest BCUT2D eigenvalue weighted by Crippen LogP contribution is -2.32. The zero-order chi connectivity index (χ0) is 13.6. The second-order valence-electron chi connectivity index (χ2n) is 5.02. The Morgan fingerprint density at radius 2 is 1.94 bits per heavy atom. The van der Waals surface area contributed by atoms with E-state index in [1.165, 1.54) is 0 Å². The molecule has 2 N–H and O–H groups in total. The third-order valence-electron chi connectivity index (χ3n) is 3.71. The van der Waals surface area contributed by atoms with Gasteiger partial charge in [0.2, 0.25) is 0 Å². The van der Waals surface area contributed by atoms with Crippen molar-refractivity contribution in [1.82, 2.24) is 4.98 Å². The Kier molecular flexibility index (Phi) is 5.41. The normalized spacial score (nSPS) is 11.4. The summed E-state index contributed by atoms with van der Waals surface area (Å²) in [5.41, 5.74) is 0.973. The van der Waals surface area contributed by atoms with Crippen molar-refractivity contribution in [3.8, 4) is 0 Å². The maximum Gasteiger partial charge on any atom is 0.128 e. The van der Waals surface area contributed by atoms with Crippen LogP contribution in [0.4, 0.5) is 11.5 Å². The Bertz CT molecular complexity index is 336. The highest BCUT2D eigenvalue weighted by molar-refractivity contribution is 5.47. The van der Waals surface area contributed by atoms with E-state index in [9.17, 15) is 5.11 Å². The molecule has 0 spiro atoms. The Hall–Kier alpha value is -1.29. The topological polar surface area (TPSA) is 48.4 Å². The van der Waals surface area contributed by atoms with Crippen molar-refractivity contribution in [1.29, 1.82) is 0 Å². The molecular formula is C14H25N3O. The van der Waals surface area contributed by atoms with Crippen molar-refractivity contribution in [2.24, 2.45) is 5.41 Å². The van der Waals surface area contributed by atoms with E-state index in [0.717, 1.165) is 30.9 Å². The summed E-state index contributed by atoms with van der Waals surface area (Å²) in [5.74, 6) is 0.944. The summed E-state index contributed by atoms with van der Waals surface area (Å²) in [6.45, 7) is 5.24. The Morgan fingerprint density at radius 3 is 2.33 bits per heavy atom. The number of aliphatic hydroxyl groups is 1. The van der Waals surface area contributed by atoms with E-state index in [2.05, 4.69) is 24.1 Å². The quantitative estimate of drug-likeness (QED) is 0.781. The van der Waals surface area contributed by atoms with E-state index >= 15 is 0 Å². The summed E-state index contributed by atoms with van der Waals surface area (Å²) in [6.07, 6.45) is 3.77. The third kappa shape index (κ3) is 3.60. The lowest BCUT2D eigenvalue weighted by atomic mass is 9.83. The summed E-state index contributed by atoms with van der Waals surface area (Å²) in [7, 11) is 3.95. The summed E-state index contributed by atoms with van der Waals surface area (Å²) < 4.78 is 0. The van der Waals surface area contributed by atoms with E-state index in [-0.39, 0.29) is 12.0 Å². The molecule has 4 nitrogen and oxygen atoms in total. The molecule has 4 heteroatoms. The molecule has 0 saturated heterocycles. The first-order valence-electron chi connectivity index (χ1n) is 6.55. The molecular weight excluding hydrogens is 226 g/mol. The van der Waals surface area contributed by atoms with E-state index in [0.29, 0.717) is 0 Å². The zero-order valence-electron chi connectivity index (χ0n) is 11.9. The minimum absolute atomic E-state index is 0.0276. The van der Waals surface area contributed by atoms with Gasteiger partial charge in [0, 0.05) is 26.1 Å². The predicted molar refractivity (Wildman–Crippen MR) is 77.2 cm³/mol. The number of nitrogens with zero attached hydrogens (tertiary/aromatic N) is 2. The molecule has 0 aliphatic carbocycles. The molecule has 0 atom stereocenters. The Labute approximate surface area is 110 Å². The van der Waals surface area contributed by atoms with Crippen LogP contribution < -0.4 is 10.2 Å². The van der Waals surface area contributed by atoms with Crippen LogP contribution in [0.15, 0.2) is 18.3 Å². The van der Waals surface area contributed by atoms with Gasteiger partial charge in [0.1, 0.15) is 5.82 Å². The van der Waals surface area contributed by atoms with Crippen molar-refractivity contribution in [2.45, 2.75) is 26.7 Å². The fourth-order valence-electron chi connectivity index (χ4n) is 1.82. The molecule has 0 fully saturated rings. The maximum absolute atomic E-state index is 9.51. The van der Waals surface area contributed by atoms with Crippen molar-refractivity contribution in [3.63, 3.8) is 0 Å². The van der Waals surface area contributed by atoms with E-state index in [4.69, 9.17) is 0 Å². The highest BCUT2D eigenvalue weighted by Crippen LogP contribution is 2.26. The number of aromatic nitrogens is 1. The average molecular weight is 251 g/mol. The standard InChI is InChI=1S/C14H25N3O/c1-5-14(6-2,11-18)10-16-12-7-8-13(15-9-12)17(3)4/h7-9,16,18H,5-6,10-11H2,1-4H3. The first-order chi connectivity index (χ1) is 8.56. The van der Waals surface area contributed by atoms with Crippen molar-refractivity contribution < 1.29 is 5.11 Å². The molecule has 0 aliphatic rings. The van der Waals surface area contributed by atoms with Crippen LogP contribution in [-0.4, -0.2) is 37.3 Å². The van der Waals surface area contributed by atoms with Gasteiger partial charge < -0.3 is 15.3 Å². The SMILES string of the molecule is CCC(CC)(CO)CNc1ccc(N(C)C)nc1. The lowest BCUT2D eigenvalue weighted by molar-refractivity contribution is 0.127. The highest BCUT2D eigenvalue weighted by atomic mass is 16.3. The van der Waals surface area contributed by atoms with Crippen LogP contribution in [0.1, 0.15) is 26.7 Å². The van der Waals surface area contributed by atoms with E-state index < -0.39 is 0 Å². The number of pyridine rings is 1. The molecule has 0 saturated carbocycles. The van der Waals surface area contributed by atoms with Crippen LogP contribution in [-0.2, 0) is 0 Å².